The van der Waals surface area contributed by atoms with Crippen LogP contribution < -0.4 is 9.47 Å². The summed E-state index contributed by atoms with van der Waals surface area (Å²) in [6.07, 6.45) is 0. The molecule has 0 heterocycles. The lowest BCUT2D eigenvalue weighted by atomic mass is 10.2. The van der Waals surface area contributed by atoms with Crippen molar-refractivity contribution in [1.29, 1.82) is 0 Å². The molecule has 0 aromatic heterocycles. The molecule has 0 fully saturated rings. The highest BCUT2D eigenvalue weighted by Gasteiger charge is 2.09. The first-order valence-corrected chi connectivity index (χ1v) is 5.12. The Morgan fingerprint density at radius 3 is 2.59 bits per heavy atom. The minimum absolute atomic E-state index is 0.341. The average molecular weight is 227 g/mol. The van der Waals surface area contributed by atoms with Gasteiger partial charge >= 0.3 is 5.97 Å². The SMILES string of the molecule is COc1cc[c]c(C(=O)Oc2ccccc2)c1. The lowest BCUT2D eigenvalue weighted by molar-refractivity contribution is 0.0734. The molecule has 2 rings (SSSR count). The van der Waals surface area contributed by atoms with E-state index in [0.717, 1.165) is 0 Å². The Bertz CT molecular complexity index is 506. The summed E-state index contributed by atoms with van der Waals surface area (Å²) in [5.74, 6) is 0.660. The Hall–Kier alpha value is -2.29. The van der Waals surface area contributed by atoms with Crippen molar-refractivity contribution < 1.29 is 14.3 Å². The summed E-state index contributed by atoms with van der Waals surface area (Å²) < 4.78 is 10.2. The van der Waals surface area contributed by atoms with Crippen molar-refractivity contribution in [3.63, 3.8) is 0 Å². The number of rotatable bonds is 3. The Balaban J connectivity index is 2.14. The standard InChI is InChI=1S/C14H11O3/c1-16-13-9-5-6-11(10-13)14(15)17-12-7-3-2-4-8-12/h2-5,7-10H,1H3. The summed E-state index contributed by atoms with van der Waals surface area (Å²) in [7, 11) is 1.54. The lowest BCUT2D eigenvalue weighted by Crippen LogP contribution is -2.08. The van der Waals surface area contributed by atoms with Crippen LogP contribution in [-0.2, 0) is 0 Å². The van der Waals surface area contributed by atoms with Gasteiger partial charge in [0.15, 0.2) is 0 Å². The number of hydrogen-bond donors (Lipinski definition) is 0. The van der Waals surface area contributed by atoms with Gasteiger partial charge in [-0.2, -0.15) is 0 Å². The fourth-order valence-electron chi connectivity index (χ4n) is 1.34. The van der Waals surface area contributed by atoms with Crippen LogP contribution in [0.3, 0.4) is 0 Å². The molecule has 0 bridgehead atoms. The molecule has 0 spiro atoms. The second-order valence-corrected chi connectivity index (χ2v) is 3.34. The number of hydrogen-bond acceptors (Lipinski definition) is 3. The number of para-hydroxylation sites is 1. The number of esters is 1. The van der Waals surface area contributed by atoms with E-state index in [-0.39, 0.29) is 0 Å². The first kappa shape index (κ1) is 11.2. The third-order valence-corrected chi connectivity index (χ3v) is 2.18. The normalized spacial score (nSPS) is 9.71. The molecular weight excluding hydrogens is 216 g/mol. The smallest absolute Gasteiger partial charge is 0.344 e. The highest BCUT2D eigenvalue weighted by Crippen LogP contribution is 2.15. The van der Waals surface area contributed by atoms with Crippen molar-refractivity contribution in [2.24, 2.45) is 0 Å². The van der Waals surface area contributed by atoms with E-state index in [2.05, 4.69) is 6.07 Å². The van der Waals surface area contributed by atoms with Crippen LogP contribution >= 0.6 is 0 Å². The van der Waals surface area contributed by atoms with Crippen molar-refractivity contribution in [1.82, 2.24) is 0 Å². The molecule has 2 aromatic rings. The highest BCUT2D eigenvalue weighted by molar-refractivity contribution is 5.91. The van der Waals surface area contributed by atoms with Crippen molar-refractivity contribution in [2.45, 2.75) is 0 Å². The van der Waals surface area contributed by atoms with E-state index in [1.807, 2.05) is 6.07 Å². The van der Waals surface area contributed by atoms with Crippen molar-refractivity contribution in [2.75, 3.05) is 7.11 Å². The van der Waals surface area contributed by atoms with E-state index in [4.69, 9.17) is 9.47 Å². The zero-order valence-corrected chi connectivity index (χ0v) is 9.34. The maximum Gasteiger partial charge on any atom is 0.344 e. The zero-order valence-electron chi connectivity index (χ0n) is 9.34. The first-order valence-electron chi connectivity index (χ1n) is 5.12. The van der Waals surface area contributed by atoms with E-state index in [1.165, 1.54) is 0 Å². The zero-order chi connectivity index (χ0) is 12.1. The van der Waals surface area contributed by atoms with Crippen LogP contribution in [0.5, 0.6) is 11.5 Å². The summed E-state index contributed by atoms with van der Waals surface area (Å²) in [6.45, 7) is 0. The monoisotopic (exact) mass is 227 g/mol. The molecule has 17 heavy (non-hydrogen) atoms. The van der Waals surface area contributed by atoms with Crippen LogP contribution in [0.1, 0.15) is 10.4 Å². The largest absolute Gasteiger partial charge is 0.497 e. The maximum absolute atomic E-state index is 11.8. The Morgan fingerprint density at radius 1 is 1.12 bits per heavy atom. The molecule has 2 aromatic carbocycles. The predicted octanol–water partition coefficient (Wildman–Crippen LogP) is 2.71. The van der Waals surface area contributed by atoms with E-state index in [0.29, 0.717) is 17.1 Å². The third-order valence-electron chi connectivity index (χ3n) is 2.18. The quantitative estimate of drug-likeness (QED) is 0.597. The summed E-state index contributed by atoms with van der Waals surface area (Å²) in [5, 5.41) is 0. The number of carbonyl (C=O) groups excluding carboxylic acids is 1. The fraction of sp³-hybridized carbons (Fsp3) is 0.0714. The topological polar surface area (TPSA) is 35.5 Å². The number of carbonyl (C=O) groups is 1. The van der Waals surface area contributed by atoms with Gasteiger partial charge in [0.25, 0.3) is 0 Å². The van der Waals surface area contributed by atoms with Crippen LogP contribution in [0, 0.1) is 6.07 Å². The van der Waals surface area contributed by atoms with Crippen molar-refractivity contribution in [3.8, 4) is 11.5 Å². The molecule has 0 unspecified atom stereocenters. The molecule has 0 N–H and O–H groups in total. The molecule has 3 nitrogen and oxygen atoms in total. The Labute approximate surface area is 99.6 Å². The van der Waals surface area contributed by atoms with Gasteiger partial charge in [-0.05, 0) is 36.4 Å². The van der Waals surface area contributed by atoms with Crippen molar-refractivity contribution in [3.05, 3.63) is 60.2 Å². The molecule has 0 saturated carbocycles. The lowest BCUT2D eigenvalue weighted by Gasteiger charge is -2.05. The van der Waals surface area contributed by atoms with Crippen LogP contribution in [0.25, 0.3) is 0 Å². The number of methoxy groups -OCH3 is 1. The van der Waals surface area contributed by atoms with E-state index >= 15 is 0 Å². The number of ether oxygens (including phenoxy) is 2. The summed E-state index contributed by atoms with van der Waals surface area (Å²) in [4.78, 5) is 11.8. The number of benzene rings is 2. The Morgan fingerprint density at radius 2 is 1.88 bits per heavy atom. The van der Waals surface area contributed by atoms with Crippen molar-refractivity contribution >= 4 is 5.97 Å². The third kappa shape index (κ3) is 2.84. The van der Waals surface area contributed by atoms with Crippen LogP contribution in [-0.4, -0.2) is 13.1 Å². The van der Waals surface area contributed by atoms with Gasteiger partial charge in [0.1, 0.15) is 11.5 Å². The first-order chi connectivity index (χ1) is 8.29. The summed E-state index contributed by atoms with van der Waals surface area (Å²) >= 11 is 0. The van der Waals surface area contributed by atoms with Gasteiger partial charge in [0.2, 0.25) is 0 Å². The van der Waals surface area contributed by atoms with E-state index in [9.17, 15) is 4.79 Å². The Kier molecular flexibility index (Phi) is 3.40. The summed E-state index contributed by atoms with van der Waals surface area (Å²) in [6, 6.07) is 16.6. The molecule has 85 valence electrons. The molecule has 0 aliphatic heterocycles. The van der Waals surface area contributed by atoms with Gasteiger partial charge in [-0.3, -0.25) is 0 Å². The molecule has 0 amide bonds. The maximum atomic E-state index is 11.8. The highest BCUT2D eigenvalue weighted by atomic mass is 16.5. The van der Waals surface area contributed by atoms with Gasteiger partial charge < -0.3 is 9.47 Å². The molecule has 0 saturated heterocycles. The van der Waals surface area contributed by atoms with Gasteiger partial charge in [-0.15, -0.1) is 0 Å². The predicted molar refractivity (Wildman–Crippen MR) is 63.2 cm³/mol. The molecule has 1 radical (unpaired) electrons. The van der Waals surface area contributed by atoms with Crippen LogP contribution in [0.15, 0.2) is 48.5 Å². The van der Waals surface area contributed by atoms with Gasteiger partial charge in [0, 0.05) is 0 Å². The van der Waals surface area contributed by atoms with Crippen LogP contribution in [0.4, 0.5) is 0 Å². The van der Waals surface area contributed by atoms with Gasteiger partial charge in [0.05, 0.1) is 12.7 Å². The average Bonchev–Trinajstić information content (AvgIpc) is 2.40. The summed E-state index contributed by atoms with van der Waals surface area (Å²) in [5.41, 5.74) is 0.341. The molecule has 0 atom stereocenters. The molecule has 0 aliphatic rings. The second-order valence-electron chi connectivity index (χ2n) is 3.34. The minimum Gasteiger partial charge on any atom is -0.497 e. The van der Waals surface area contributed by atoms with E-state index < -0.39 is 5.97 Å². The molecule has 3 heteroatoms. The molecular formula is C14H11O3. The second kappa shape index (κ2) is 5.16. The minimum atomic E-state index is -0.449. The van der Waals surface area contributed by atoms with Gasteiger partial charge in [-0.25, -0.2) is 4.79 Å². The molecule has 0 aliphatic carbocycles. The van der Waals surface area contributed by atoms with Gasteiger partial charge in [-0.1, -0.05) is 18.2 Å². The van der Waals surface area contributed by atoms with Crippen LogP contribution in [0.2, 0.25) is 0 Å². The fourth-order valence-corrected chi connectivity index (χ4v) is 1.34. The van der Waals surface area contributed by atoms with E-state index in [1.54, 1.807) is 49.6 Å².